The first-order valence-electron chi connectivity index (χ1n) is 11.0. The SMILES string of the molecule is CCC[C@@H]1CN(Cc2cccc(OCC(=O)O)c2)CCN1c1nc2ccc(C(F)(F)F)nc2s1. The van der Waals surface area contributed by atoms with Gasteiger partial charge in [-0.1, -0.05) is 36.8 Å². The Hall–Kier alpha value is -2.92. The summed E-state index contributed by atoms with van der Waals surface area (Å²) in [4.78, 5) is 23.9. The zero-order valence-electron chi connectivity index (χ0n) is 18.6. The van der Waals surface area contributed by atoms with Gasteiger partial charge in [0.1, 0.15) is 21.8 Å². The van der Waals surface area contributed by atoms with Gasteiger partial charge < -0.3 is 14.7 Å². The van der Waals surface area contributed by atoms with Gasteiger partial charge in [-0.05, 0) is 36.2 Å². The van der Waals surface area contributed by atoms with Gasteiger partial charge in [0.15, 0.2) is 11.7 Å². The van der Waals surface area contributed by atoms with Crippen LogP contribution in [0.1, 0.15) is 31.0 Å². The van der Waals surface area contributed by atoms with Crippen molar-refractivity contribution in [3.05, 3.63) is 47.7 Å². The molecule has 1 aliphatic rings. The van der Waals surface area contributed by atoms with E-state index >= 15 is 0 Å². The number of alkyl halides is 3. The van der Waals surface area contributed by atoms with Gasteiger partial charge in [0, 0.05) is 32.2 Å². The van der Waals surface area contributed by atoms with Crippen LogP contribution >= 0.6 is 11.3 Å². The van der Waals surface area contributed by atoms with Crippen molar-refractivity contribution in [2.45, 2.75) is 38.5 Å². The van der Waals surface area contributed by atoms with Gasteiger partial charge >= 0.3 is 12.1 Å². The second-order valence-corrected chi connectivity index (χ2v) is 9.17. The Kier molecular flexibility index (Phi) is 7.22. The highest BCUT2D eigenvalue weighted by Gasteiger charge is 2.33. The monoisotopic (exact) mass is 494 g/mol. The lowest BCUT2D eigenvalue weighted by atomic mass is 10.1. The van der Waals surface area contributed by atoms with Crippen molar-refractivity contribution in [3.63, 3.8) is 0 Å². The highest BCUT2D eigenvalue weighted by molar-refractivity contribution is 7.21. The lowest BCUT2D eigenvalue weighted by molar-refractivity contribution is -0.141. The standard InChI is InChI=1S/C23H25F3N4O3S/c1-2-4-16-13-29(12-15-5-3-6-17(11-15)33-14-20(31)32)9-10-30(16)22-27-18-7-8-19(23(24,25)26)28-21(18)34-22/h3,5-8,11,16H,2,4,9-10,12-14H2,1H3,(H,31,32)/t16-/m1/s1. The van der Waals surface area contributed by atoms with Crippen LogP contribution in [0.4, 0.5) is 18.3 Å². The molecule has 1 fully saturated rings. The molecule has 11 heteroatoms. The number of nitrogens with zero attached hydrogens (tertiary/aromatic N) is 4. The second kappa shape index (κ2) is 10.1. The molecule has 3 aromatic rings. The number of thiazole rings is 1. The van der Waals surface area contributed by atoms with Gasteiger partial charge in [-0.15, -0.1) is 0 Å². The zero-order chi connectivity index (χ0) is 24.3. The van der Waals surface area contributed by atoms with Gasteiger partial charge in [0.25, 0.3) is 0 Å². The van der Waals surface area contributed by atoms with E-state index in [4.69, 9.17) is 9.84 Å². The Morgan fingerprint density at radius 3 is 2.79 bits per heavy atom. The molecule has 0 aliphatic carbocycles. The lowest BCUT2D eigenvalue weighted by Gasteiger charge is -2.41. The number of hydrogen-bond donors (Lipinski definition) is 1. The van der Waals surface area contributed by atoms with Crippen molar-refractivity contribution >= 4 is 32.8 Å². The van der Waals surface area contributed by atoms with Gasteiger partial charge in [-0.2, -0.15) is 13.2 Å². The predicted octanol–water partition coefficient (Wildman–Crippen LogP) is 4.66. The maximum Gasteiger partial charge on any atom is 0.433 e. The fourth-order valence-corrected chi connectivity index (χ4v) is 5.16. The van der Waals surface area contributed by atoms with Gasteiger partial charge in [-0.25, -0.2) is 14.8 Å². The van der Waals surface area contributed by atoms with Gasteiger partial charge in [-0.3, -0.25) is 4.90 Å². The molecular formula is C23H25F3N4O3S. The van der Waals surface area contributed by atoms with Crippen molar-refractivity contribution in [1.29, 1.82) is 0 Å². The molecular weight excluding hydrogens is 469 g/mol. The minimum absolute atomic E-state index is 0.174. The quantitative estimate of drug-likeness (QED) is 0.488. The number of fused-ring (bicyclic) bond motifs is 1. The van der Waals surface area contributed by atoms with Crippen molar-refractivity contribution in [1.82, 2.24) is 14.9 Å². The number of anilines is 1. The molecule has 1 atom stereocenters. The van der Waals surface area contributed by atoms with Crippen molar-refractivity contribution < 1.29 is 27.8 Å². The molecule has 0 radical (unpaired) electrons. The van der Waals surface area contributed by atoms with E-state index in [0.717, 1.165) is 37.6 Å². The number of halogens is 3. The molecule has 1 N–H and O–H groups in total. The molecule has 34 heavy (non-hydrogen) atoms. The van der Waals surface area contributed by atoms with Crippen LogP contribution in [0.5, 0.6) is 5.75 Å². The average Bonchev–Trinajstić information content (AvgIpc) is 3.21. The molecule has 2 aromatic heterocycles. The number of piperazine rings is 1. The molecule has 1 saturated heterocycles. The third-order valence-corrected chi connectivity index (χ3v) is 6.64. The molecule has 1 aliphatic heterocycles. The Balaban J connectivity index is 1.47. The summed E-state index contributed by atoms with van der Waals surface area (Å²) in [5.41, 5.74) is 0.596. The molecule has 3 heterocycles. The Labute approximate surface area is 198 Å². The van der Waals surface area contributed by atoms with Crippen LogP contribution in [0.2, 0.25) is 0 Å². The van der Waals surface area contributed by atoms with Crippen molar-refractivity contribution in [2.24, 2.45) is 0 Å². The third kappa shape index (κ3) is 5.76. The van der Waals surface area contributed by atoms with E-state index in [9.17, 15) is 18.0 Å². The Morgan fingerprint density at radius 2 is 2.06 bits per heavy atom. The largest absolute Gasteiger partial charge is 0.482 e. The van der Waals surface area contributed by atoms with E-state index in [1.807, 2.05) is 18.2 Å². The highest BCUT2D eigenvalue weighted by Crippen LogP contribution is 2.34. The molecule has 7 nitrogen and oxygen atoms in total. The van der Waals surface area contributed by atoms with Crippen LogP contribution in [-0.4, -0.2) is 58.2 Å². The summed E-state index contributed by atoms with van der Waals surface area (Å²) in [5, 5.41) is 9.50. The number of benzene rings is 1. The lowest BCUT2D eigenvalue weighted by Crippen LogP contribution is -2.52. The van der Waals surface area contributed by atoms with E-state index in [-0.39, 0.29) is 12.6 Å². The number of carbonyl (C=O) groups is 1. The minimum Gasteiger partial charge on any atom is -0.482 e. The molecule has 182 valence electrons. The average molecular weight is 495 g/mol. The fourth-order valence-electron chi connectivity index (χ4n) is 4.12. The summed E-state index contributed by atoms with van der Waals surface area (Å²) < 4.78 is 44.4. The first kappa shape index (κ1) is 24.2. The van der Waals surface area contributed by atoms with E-state index in [2.05, 4.69) is 26.7 Å². The van der Waals surface area contributed by atoms with Crippen LogP contribution in [0.25, 0.3) is 10.3 Å². The number of pyridine rings is 1. The number of aromatic nitrogens is 2. The maximum atomic E-state index is 13.0. The smallest absolute Gasteiger partial charge is 0.433 e. The van der Waals surface area contributed by atoms with Crippen LogP contribution in [0, 0.1) is 0 Å². The molecule has 1 aromatic carbocycles. The van der Waals surface area contributed by atoms with Crippen molar-refractivity contribution in [2.75, 3.05) is 31.1 Å². The molecule has 0 amide bonds. The van der Waals surface area contributed by atoms with E-state index in [1.165, 1.54) is 17.4 Å². The van der Waals surface area contributed by atoms with Crippen LogP contribution < -0.4 is 9.64 Å². The first-order valence-corrected chi connectivity index (χ1v) is 11.8. The number of ether oxygens (including phenoxy) is 1. The summed E-state index contributed by atoms with van der Waals surface area (Å²) in [5.74, 6) is -0.507. The number of aliphatic carboxylic acids is 1. The minimum atomic E-state index is -4.48. The Morgan fingerprint density at radius 1 is 1.24 bits per heavy atom. The number of carboxylic acid groups (broad SMARTS) is 1. The predicted molar refractivity (Wildman–Crippen MR) is 123 cm³/mol. The molecule has 0 spiro atoms. The normalized spacial score (nSPS) is 17.3. The van der Waals surface area contributed by atoms with Crippen LogP contribution in [0.15, 0.2) is 36.4 Å². The molecule has 0 bridgehead atoms. The van der Waals surface area contributed by atoms with Gasteiger partial charge in [0.05, 0.1) is 0 Å². The molecule has 0 unspecified atom stereocenters. The van der Waals surface area contributed by atoms with Crippen molar-refractivity contribution in [3.8, 4) is 5.75 Å². The first-order chi connectivity index (χ1) is 16.2. The summed E-state index contributed by atoms with van der Waals surface area (Å²) >= 11 is 1.20. The van der Waals surface area contributed by atoms with E-state index in [0.29, 0.717) is 34.3 Å². The second-order valence-electron chi connectivity index (χ2n) is 8.22. The summed E-state index contributed by atoms with van der Waals surface area (Å²) in [6, 6.07) is 9.93. The summed E-state index contributed by atoms with van der Waals surface area (Å²) in [6.07, 6.45) is -2.59. The van der Waals surface area contributed by atoms with Crippen LogP contribution in [0.3, 0.4) is 0 Å². The third-order valence-electron chi connectivity index (χ3n) is 5.64. The van der Waals surface area contributed by atoms with E-state index in [1.54, 1.807) is 6.07 Å². The maximum absolute atomic E-state index is 13.0. The fraction of sp³-hybridized carbons (Fsp3) is 0.435. The number of carboxylic acids is 1. The number of rotatable bonds is 8. The summed E-state index contributed by atoms with van der Waals surface area (Å²) in [6.45, 7) is 4.65. The molecule has 4 rings (SSSR count). The molecule has 0 saturated carbocycles. The van der Waals surface area contributed by atoms with Gasteiger partial charge in [0.2, 0.25) is 0 Å². The summed E-state index contributed by atoms with van der Waals surface area (Å²) in [7, 11) is 0. The Bertz CT molecular complexity index is 1150. The number of hydrogen-bond acceptors (Lipinski definition) is 7. The topological polar surface area (TPSA) is 78.8 Å². The van der Waals surface area contributed by atoms with Crippen LogP contribution in [-0.2, 0) is 17.5 Å². The van der Waals surface area contributed by atoms with E-state index < -0.39 is 17.8 Å². The highest BCUT2D eigenvalue weighted by atomic mass is 32.1. The zero-order valence-corrected chi connectivity index (χ0v) is 19.4.